The van der Waals surface area contributed by atoms with Crippen molar-refractivity contribution in [3.05, 3.63) is 18.2 Å². The zero-order valence-electron chi connectivity index (χ0n) is 11.9. The lowest BCUT2D eigenvalue weighted by Gasteiger charge is -2.18. The largest absolute Gasteiger partial charge is 0.465 e. The lowest BCUT2D eigenvalue weighted by Crippen LogP contribution is -2.29. The van der Waals surface area contributed by atoms with Crippen LogP contribution in [0.2, 0.25) is 0 Å². The average molecular weight is 277 g/mol. The van der Waals surface area contributed by atoms with E-state index in [0.717, 1.165) is 17.0 Å². The highest BCUT2D eigenvalue weighted by molar-refractivity contribution is 5.82. The molecule has 0 unspecified atom stereocenters. The van der Waals surface area contributed by atoms with Gasteiger partial charge in [-0.05, 0) is 18.2 Å². The number of nitrogens with zero attached hydrogens (tertiary/aromatic N) is 4. The van der Waals surface area contributed by atoms with Crippen molar-refractivity contribution in [3.8, 4) is 0 Å². The minimum atomic E-state index is -0.940. The second-order valence-electron chi connectivity index (χ2n) is 4.91. The van der Waals surface area contributed by atoms with Gasteiger partial charge in [0.15, 0.2) is 0 Å². The topological polar surface area (TPSA) is 87.6 Å². The Morgan fingerprint density at radius 2 is 2.10 bits per heavy atom. The van der Waals surface area contributed by atoms with Crippen molar-refractivity contribution in [3.63, 3.8) is 0 Å². The summed E-state index contributed by atoms with van der Waals surface area (Å²) in [5.74, 6) is 0.782. The fourth-order valence-electron chi connectivity index (χ4n) is 2.04. The number of nitrogen functional groups attached to an aromatic ring is 1. The summed E-state index contributed by atoms with van der Waals surface area (Å²) in [6, 6.07) is 5.55. The number of hydrogen-bond acceptors (Lipinski definition) is 4. The number of anilines is 2. The SMILES string of the molecule is CN(CCn1c(N(C)C)nc2cc(N)ccc21)C(=O)O. The summed E-state index contributed by atoms with van der Waals surface area (Å²) in [5.41, 5.74) is 8.19. The van der Waals surface area contributed by atoms with Gasteiger partial charge in [0.1, 0.15) is 0 Å². The predicted molar refractivity (Wildman–Crippen MR) is 79.1 cm³/mol. The number of likely N-dealkylation sites (N-methyl/N-ethyl adjacent to an activating group) is 1. The predicted octanol–water partition coefficient (Wildman–Crippen LogP) is 1.29. The van der Waals surface area contributed by atoms with Crippen molar-refractivity contribution in [1.82, 2.24) is 14.5 Å². The molecule has 3 N–H and O–H groups in total. The first kappa shape index (κ1) is 14.0. The third-order valence-corrected chi connectivity index (χ3v) is 3.14. The Morgan fingerprint density at radius 1 is 1.40 bits per heavy atom. The van der Waals surface area contributed by atoms with E-state index in [4.69, 9.17) is 10.8 Å². The molecule has 2 aromatic rings. The Hall–Kier alpha value is -2.44. The average Bonchev–Trinajstić information content (AvgIpc) is 2.73. The third-order valence-electron chi connectivity index (χ3n) is 3.14. The number of carbonyl (C=O) groups is 1. The number of nitrogens with two attached hydrogens (primary N) is 1. The molecular formula is C13H19N5O2. The number of benzene rings is 1. The smallest absolute Gasteiger partial charge is 0.407 e. The lowest BCUT2D eigenvalue weighted by molar-refractivity contribution is 0.154. The molecule has 0 bridgehead atoms. The molecule has 0 saturated heterocycles. The summed E-state index contributed by atoms with van der Waals surface area (Å²) in [6.07, 6.45) is -0.940. The van der Waals surface area contributed by atoms with Crippen molar-refractivity contribution in [2.24, 2.45) is 0 Å². The van der Waals surface area contributed by atoms with Gasteiger partial charge in [-0.15, -0.1) is 0 Å². The third kappa shape index (κ3) is 2.61. The van der Waals surface area contributed by atoms with E-state index < -0.39 is 6.09 Å². The number of amides is 1. The van der Waals surface area contributed by atoms with Crippen LogP contribution in [0.4, 0.5) is 16.4 Å². The highest BCUT2D eigenvalue weighted by atomic mass is 16.4. The van der Waals surface area contributed by atoms with E-state index in [-0.39, 0.29) is 0 Å². The molecule has 0 fully saturated rings. The van der Waals surface area contributed by atoms with E-state index in [2.05, 4.69) is 4.98 Å². The Kier molecular flexibility index (Phi) is 3.69. The fraction of sp³-hybridized carbons (Fsp3) is 0.385. The molecule has 7 heteroatoms. The van der Waals surface area contributed by atoms with E-state index in [1.165, 1.54) is 4.90 Å². The van der Waals surface area contributed by atoms with Crippen LogP contribution < -0.4 is 10.6 Å². The van der Waals surface area contributed by atoms with E-state index in [1.54, 1.807) is 7.05 Å². The van der Waals surface area contributed by atoms with Crippen LogP contribution in [0.3, 0.4) is 0 Å². The van der Waals surface area contributed by atoms with Gasteiger partial charge in [0.2, 0.25) is 5.95 Å². The summed E-state index contributed by atoms with van der Waals surface area (Å²) in [7, 11) is 5.36. The second kappa shape index (κ2) is 5.28. The molecule has 1 aromatic carbocycles. The standard InChI is InChI=1S/C13H19N5O2/c1-16(2)12-15-10-8-9(14)4-5-11(10)18(12)7-6-17(3)13(19)20/h4-5,8H,6-7,14H2,1-3H3,(H,19,20). The fourth-order valence-corrected chi connectivity index (χ4v) is 2.04. The molecule has 0 saturated carbocycles. The van der Waals surface area contributed by atoms with Crippen LogP contribution in [0.1, 0.15) is 0 Å². The number of fused-ring (bicyclic) bond motifs is 1. The van der Waals surface area contributed by atoms with Crippen molar-refractivity contribution < 1.29 is 9.90 Å². The molecule has 108 valence electrons. The molecule has 1 heterocycles. The quantitative estimate of drug-likeness (QED) is 0.822. The van der Waals surface area contributed by atoms with Gasteiger partial charge in [0.05, 0.1) is 11.0 Å². The first-order valence-electron chi connectivity index (χ1n) is 6.27. The summed E-state index contributed by atoms with van der Waals surface area (Å²) in [4.78, 5) is 18.6. The van der Waals surface area contributed by atoms with Gasteiger partial charge >= 0.3 is 6.09 Å². The summed E-state index contributed by atoms with van der Waals surface area (Å²) >= 11 is 0. The van der Waals surface area contributed by atoms with Crippen LogP contribution in [0.25, 0.3) is 11.0 Å². The van der Waals surface area contributed by atoms with E-state index in [9.17, 15) is 4.79 Å². The lowest BCUT2D eigenvalue weighted by atomic mass is 10.3. The van der Waals surface area contributed by atoms with Crippen molar-refractivity contribution >= 4 is 28.8 Å². The molecule has 0 aliphatic heterocycles. The molecule has 0 aliphatic rings. The van der Waals surface area contributed by atoms with Crippen LogP contribution in [-0.4, -0.2) is 53.3 Å². The van der Waals surface area contributed by atoms with Gasteiger partial charge in [-0.2, -0.15) is 0 Å². The first-order valence-corrected chi connectivity index (χ1v) is 6.27. The molecule has 7 nitrogen and oxygen atoms in total. The number of hydrogen-bond donors (Lipinski definition) is 2. The maximum Gasteiger partial charge on any atom is 0.407 e. The number of aromatic nitrogens is 2. The van der Waals surface area contributed by atoms with Crippen LogP contribution in [-0.2, 0) is 6.54 Å². The highest BCUT2D eigenvalue weighted by Gasteiger charge is 2.14. The number of carboxylic acid groups (broad SMARTS) is 1. The molecule has 20 heavy (non-hydrogen) atoms. The van der Waals surface area contributed by atoms with Gasteiger partial charge in [0.25, 0.3) is 0 Å². The van der Waals surface area contributed by atoms with Crippen molar-refractivity contribution in [2.75, 3.05) is 38.3 Å². The first-order chi connectivity index (χ1) is 9.40. The summed E-state index contributed by atoms with van der Waals surface area (Å²) in [5, 5.41) is 8.91. The minimum Gasteiger partial charge on any atom is -0.465 e. The Bertz CT molecular complexity index is 635. The van der Waals surface area contributed by atoms with Crippen molar-refractivity contribution in [2.45, 2.75) is 6.54 Å². The molecular weight excluding hydrogens is 258 g/mol. The maximum atomic E-state index is 10.9. The van der Waals surface area contributed by atoms with Gasteiger partial charge < -0.3 is 25.2 Å². The van der Waals surface area contributed by atoms with Crippen LogP contribution in [0.15, 0.2) is 18.2 Å². The Morgan fingerprint density at radius 3 is 2.70 bits per heavy atom. The highest BCUT2D eigenvalue weighted by Crippen LogP contribution is 2.23. The van der Waals surface area contributed by atoms with E-state index in [1.807, 2.05) is 41.8 Å². The normalized spacial score (nSPS) is 10.8. The molecule has 2 rings (SSSR count). The summed E-state index contributed by atoms with van der Waals surface area (Å²) < 4.78 is 1.99. The Labute approximate surface area is 117 Å². The van der Waals surface area contributed by atoms with Gasteiger partial charge in [-0.25, -0.2) is 9.78 Å². The molecule has 0 atom stereocenters. The van der Waals surface area contributed by atoms with E-state index >= 15 is 0 Å². The van der Waals surface area contributed by atoms with E-state index in [0.29, 0.717) is 18.8 Å². The molecule has 0 radical (unpaired) electrons. The molecule has 0 aliphatic carbocycles. The Balaban J connectivity index is 2.38. The van der Waals surface area contributed by atoms with Crippen LogP contribution in [0, 0.1) is 0 Å². The zero-order chi connectivity index (χ0) is 14.9. The summed E-state index contributed by atoms with van der Waals surface area (Å²) in [6.45, 7) is 0.933. The number of rotatable bonds is 4. The molecule has 1 aromatic heterocycles. The van der Waals surface area contributed by atoms with Crippen molar-refractivity contribution in [1.29, 1.82) is 0 Å². The second-order valence-corrected chi connectivity index (χ2v) is 4.91. The number of imidazole rings is 1. The molecule has 1 amide bonds. The van der Waals surface area contributed by atoms with Gasteiger partial charge in [0, 0.05) is 39.9 Å². The monoisotopic (exact) mass is 277 g/mol. The zero-order valence-corrected chi connectivity index (χ0v) is 11.9. The maximum absolute atomic E-state index is 10.9. The van der Waals surface area contributed by atoms with Crippen LogP contribution >= 0.6 is 0 Å². The van der Waals surface area contributed by atoms with Gasteiger partial charge in [-0.3, -0.25) is 0 Å². The van der Waals surface area contributed by atoms with Gasteiger partial charge in [-0.1, -0.05) is 0 Å². The molecule has 0 spiro atoms. The minimum absolute atomic E-state index is 0.395. The van der Waals surface area contributed by atoms with Crippen LogP contribution in [0.5, 0.6) is 0 Å².